The maximum Gasteiger partial charge on any atom is 0.331 e. The quantitative estimate of drug-likeness (QED) is 0.372. The molecule has 1 saturated heterocycles. The first-order valence-electron chi connectivity index (χ1n) is 14.8. The van der Waals surface area contributed by atoms with Crippen molar-refractivity contribution in [3.05, 3.63) is 11.6 Å². The van der Waals surface area contributed by atoms with Crippen molar-refractivity contribution in [2.24, 2.45) is 34.5 Å². The van der Waals surface area contributed by atoms with Crippen LogP contribution in [0.3, 0.4) is 0 Å². The van der Waals surface area contributed by atoms with Crippen LogP contribution in [0.1, 0.15) is 78.6 Å². The molecule has 0 aromatic carbocycles. The molecule has 4 aliphatic carbocycles. The molecular weight excluding hydrogens is 488 g/mol. The second-order valence-corrected chi connectivity index (χ2v) is 13.7. The van der Waals surface area contributed by atoms with Gasteiger partial charge in [-0.25, -0.2) is 4.79 Å². The van der Waals surface area contributed by atoms with Crippen molar-refractivity contribution in [1.29, 1.82) is 0 Å². The molecule has 0 bridgehead atoms. The van der Waals surface area contributed by atoms with Crippen LogP contribution in [0.25, 0.3) is 0 Å². The molecule has 3 N–H and O–H groups in total. The number of hydrogen-bond donors (Lipinski definition) is 3. The first-order chi connectivity index (χ1) is 18.0. The van der Waals surface area contributed by atoms with Crippen LogP contribution in [0.5, 0.6) is 0 Å². The van der Waals surface area contributed by atoms with Crippen LogP contribution in [-0.2, 0) is 23.7 Å². The van der Waals surface area contributed by atoms with Gasteiger partial charge in [0.05, 0.1) is 30.0 Å². The third-order valence-corrected chi connectivity index (χ3v) is 12.2. The van der Waals surface area contributed by atoms with E-state index in [2.05, 4.69) is 13.8 Å². The molecule has 4 unspecified atom stereocenters. The standard InChI is InChI=1S/C30H46O8/c1-16-27(33)23(35-4)13-25(37-16)38-19-7-9-28(2)18(12-19)5-6-21-26(28)22(31)14-29(3)20(8-10-30(21,29)34)17-11-24(32)36-15-17/h11,16,18-23,25-27,31,33-34H,5-10,12-15H2,1-4H3/t16?,18-,19+,20-,21?,22-,23?,25-,26?,27-,28+,29-,30+/m1/s1. The van der Waals surface area contributed by atoms with Crippen molar-refractivity contribution < 1.29 is 39.1 Å². The summed E-state index contributed by atoms with van der Waals surface area (Å²) < 4.78 is 23.1. The van der Waals surface area contributed by atoms with Crippen molar-refractivity contribution in [2.45, 2.75) is 121 Å². The van der Waals surface area contributed by atoms with Gasteiger partial charge in [0.15, 0.2) is 6.29 Å². The zero-order valence-corrected chi connectivity index (χ0v) is 23.3. The number of esters is 1. The minimum atomic E-state index is -0.850. The number of carbonyl (C=O) groups excluding carboxylic acids is 1. The lowest BCUT2D eigenvalue weighted by molar-refractivity contribution is -0.278. The summed E-state index contributed by atoms with van der Waals surface area (Å²) in [5.74, 6) is 0.285. The number of fused-ring (bicyclic) bond motifs is 5. The highest BCUT2D eigenvalue weighted by atomic mass is 16.7. The van der Waals surface area contributed by atoms with E-state index >= 15 is 0 Å². The summed E-state index contributed by atoms with van der Waals surface area (Å²) in [6, 6.07) is 0. The largest absolute Gasteiger partial charge is 0.458 e. The van der Waals surface area contributed by atoms with Crippen molar-refractivity contribution >= 4 is 5.97 Å². The van der Waals surface area contributed by atoms with Gasteiger partial charge in [0.25, 0.3) is 0 Å². The SMILES string of the molecule is COC1C[C@@H](O[C@H]2CC[C@]3(C)C4C(CC[C@@H]3C2)[C@@]2(O)CC[C@H](C3=CC(=O)OC3)[C@@]2(C)C[C@H]4O)OC(C)[C@H]1O. The van der Waals surface area contributed by atoms with Crippen LogP contribution >= 0.6 is 0 Å². The fourth-order valence-electron chi connectivity index (χ4n) is 10.1. The number of methoxy groups -OCH3 is 1. The molecule has 2 aliphatic heterocycles. The monoisotopic (exact) mass is 534 g/mol. The first kappa shape index (κ1) is 27.2. The van der Waals surface area contributed by atoms with E-state index in [1.165, 1.54) is 0 Å². The van der Waals surface area contributed by atoms with E-state index < -0.39 is 23.2 Å². The molecule has 8 nitrogen and oxygen atoms in total. The summed E-state index contributed by atoms with van der Waals surface area (Å²) in [7, 11) is 1.62. The normalized spacial score (nSPS) is 54.5. The third kappa shape index (κ3) is 3.96. The van der Waals surface area contributed by atoms with Crippen LogP contribution in [-0.4, -0.2) is 77.4 Å². The van der Waals surface area contributed by atoms with Crippen molar-refractivity contribution in [3.63, 3.8) is 0 Å². The minimum absolute atomic E-state index is 0.0464. The van der Waals surface area contributed by atoms with E-state index in [-0.39, 0.29) is 53.7 Å². The highest BCUT2D eigenvalue weighted by molar-refractivity contribution is 5.85. The summed E-state index contributed by atoms with van der Waals surface area (Å²) in [5.41, 5.74) is -0.389. The Morgan fingerprint density at radius 3 is 2.58 bits per heavy atom. The van der Waals surface area contributed by atoms with Crippen LogP contribution in [0, 0.1) is 34.5 Å². The molecule has 0 radical (unpaired) electrons. The molecule has 4 saturated carbocycles. The molecule has 5 fully saturated rings. The van der Waals surface area contributed by atoms with Gasteiger partial charge in [-0.15, -0.1) is 0 Å². The van der Waals surface area contributed by atoms with Crippen molar-refractivity contribution in [1.82, 2.24) is 0 Å². The summed E-state index contributed by atoms with van der Waals surface area (Å²) >= 11 is 0. The van der Waals surface area contributed by atoms with E-state index in [9.17, 15) is 20.1 Å². The van der Waals surface area contributed by atoms with E-state index in [0.29, 0.717) is 31.8 Å². The molecule has 0 aromatic rings. The molecule has 0 aromatic heterocycles. The molecule has 0 amide bonds. The summed E-state index contributed by atoms with van der Waals surface area (Å²) in [6.45, 7) is 6.65. The van der Waals surface area contributed by atoms with Gasteiger partial charge in [-0.1, -0.05) is 13.8 Å². The molecule has 0 spiro atoms. The first-order valence-corrected chi connectivity index (χ1v) is 14.8. The van der Waals surface area contributed by atoms with Gasteiger partial charge >= 0.3 is 5.97 Å². The molecule has 38 heavy (non-hydrogen) atoms. The Bertz CT molecular complexity index is 968. The van der Waals surface area contributed by atoms with E-state index in [0.717, 1.165) is 44.1 Å². The van der Waals surface area contributed by atoms with Crippen LogP contribution in [0.4, 0.5) is 0 Å². The lowest BCUT2D eigenvalue weighted by Gasteiger charge is -2.65. The maximum absolute atomic E-state index is 12.4. The fourth-order valence-corrected chi connectivity index (χ4v) is 10.1. The summed E-state index contributed by atoms with van der Waals surface area (Å²) in [4.78, 5) is 11.8. The number of carbonyl (C=O) groups is 1. The van der Waals surface area contributed by atoms with Gasteiger partial charge in [-0.3, -0.25) is 0 Å². The molecule has 8 heteroatoms. The second kappa shape index (κ2) is 9.52. The topological polar surface area (TPSA) is 115 Å². The van der Waals surface area contributed by atoms with E-state index in [1.807, 2.05) is 6.92 Å². The number of aliphatic hydroxyl groups is 3. The van der Waals surface area contributed by atoms with Gasteiger partial charge in [-0.05, 0) is 93.0 Å². The highest BCUT2D eigenvalue weighted by Crippen LogP contribution is 2.70. The maximum atomic E-state index is 12.4. The Kier molecular flexibility index (Phi) is 6.80. The second-order valence-electron chi connectivity index (χ2n) is 13.7. The predicted octanol–water partition coefficient (Wildman–Crippen LogP) is 3.11. The smallest absolute Gasteiger partial charge is 0.331 e. The number of rotatable bonds is 4. The van der Waals surface area contributed by atoms with E-state index in [4.69, 9.17) is 18.9 Å². The molecule has 6 rings (SSSR count). The number of aliphatic hydroxyl groups excluding tert-OH is 2. The van der Waals surface area contributed by atoms with Gasteiger partial charge < -0.3 is 34.3 Å². The number of cyclic esters (lactones) is 1. The van der Waals surface area contributed by atoms with Crippen LogP contribution in [0.15, 0.2) is 11.6 Å². The zero-order valence-electron chi connectivity index (χ0n) is 23.3. The lowest BCUT2D eigenvalue weighted by atomic mass is 9.42. The Morgan fingerprint density at radius 2 is 1.87 bits per heavy atom. The lowest BCUT2D eigenvalue weighted by Crippen LogP contribution is -2.66. The fraction of sp³-hybridized carbons (Fsp3) is 0.900. The molecule has 2 heterocycles. The molecular formula is C30H46O8. The van der Waals surface area contributed by atoms with E-state index in [1.54, 1.807) is 13.2 Å². The van der Waals surface area contributed by atoms with Gasteiger partial charge in [0, 0.05) is 25.0 Å². The van der Waals surface area contributed by atoms with Gasteiger partial charge in [0.2, 0.25) is 0 Å². The third-order valence-electron chi connectivity index (χ3n) is 12.2. The number of hydrogen-bond acceptors (Lipinski definition) is 8. The zero-order chi connectivity index (χ0) is 27.0. The Balaban J connectivity index is 1.18. The van der Waals surface area contributed by atoms with Gasteiger partial charge in [0.1, 0.15) is 12.7 Å². The van der Waals surface area contributed by atoms with Gasteiger partial charge in [-0.2, -0.15) is 0 Å². The minimum Gasteiger partial charge on any atom is -0.458 e. The molecule has 6 aliphatic rings. The molecule has 214 valence electrons. The Labute approximate surface area is 226 Å². The molecule has 13 atom stereocenters. The summed E-state index contributed by atoms with van der Waals surface area (Å²) in [6.07, 6.45) is 6.83. The van der Waals surface area contributed by atoms with Crippen molar-refractivity contribution in [2.75, 3.05) is 13.7 Å². The average molecular weight is 535 g/mol. The van der Waals surface area contributed by atoms with Crippen LogP contribution in [0.2, 0.25) is 0 Å². The van der Waals surface area contributed by atoms with Crippen LogP contribution < -0.4 is 0 Å². The Morgan fingerprint density at radius 1 is 1.08 bits per heavy atom. The Hall–Kier alpha value is -1.03. The average Bonchev–Trinajstić information content (AvgIpc) is 3.41. The van der Waals surface area contributed by atoms with Crippen molar-refractivity contribution in [3.8, 4) is 0 Å². The summed E-state index contributed by atoms with van der Waals surface area (Å²) in [5, 5.41) is 34.5. The number of ether oxygens (including phenoxy) is 4. The highest BCUT2D eigenvalue weighted by Gasteiger charge is 2.70. The predicted molar refractivity (Wildman–Crippen MR) is 138 cm³/mol.